The molecule has 2 amide bonds. The van der Waals surface area contributed by atoms with Gasteiger partial charge in [-0.25, -0.2) is 9.59 Å². The fourth-order valence-corrected chi connectivity index (χ4v) is 3.82. The highest BCUT2D eigenvalue weighted by Crippen LogP contribution is 2.39. The summed E-state index contributed by atoms with van der Waals surface area (Å²) in [6, 6.07) is 6.20. The van der Waals surface area contributed by atoms with Gasteiger partial charge in [0, 0.05) is 31.1 Å². The molecule has 0 aromatic heterocycles. The number of amides is 2. The van der Waals surface area contributed by atoms with E-state index in [0.717, 1.165) is 15.9 Å². The van der Waals surface area contributed by atoms with Crippen LogP contribution in [0.1, 0.15) is 37.4 Å². The molecular weight excluding hydrogens is 501 g/mol. The predicted molar refractivity (Wildman–Crippen MR) is 136 cm³/mol. The number of rotatable bonds is 8. The summed E-state index contributed by atoms with van der Waals surface area (Å²) in [5, 5.41) is 20.5. The average Bonchev–Trinajstić information content (AvgIpc) is 2.85. The highest BCUT2D eigenvalue weighted by molar-refractivity contribution is 6.03. The molecule has 0 saturated heterocycles. The lowest BCUT2D eigenvalue weighted by molar-refractivity contribution is -0.140. The van der Waals surface area contributed by atoms with Crippen LogP contribution in [-0.4, -0.2) is 73.1 Å². The Morgan fingerprint density at radius 2 is 1.89 bits per heavy atom. The van der Waals surface area contributed by atoms with E-state index < -0.39 is 30.2 Å². The van der Waals surface area contributed by atoms with Crippen LogP contribution in [0.4, 0.5) is 18.0 Å². The SMILES string of the molecule is CCC=C(C=CC(F)(F)F)N1C(=N)N(C(=O)NC)C(c2ccc(C#N)cc2)C(C(=O)OCCN(C)C)=C1C. The van der Waals surface area contributed by atoms with Crippen molar-refractivity contribution in [2.45, 2.75) is 32.5 Å². The van der Waals surface area contributed by atoms with Gasteiger partial charge >= 0.3 is 18.2 Å². The Balaban J connectivity index is 2.82. The van der Waals surface area contributed by atoms with E-state index in [2.05, 4.69) is 5.32 Å². The fourth-order valence-electron chi connectivity index (χ4n) is 3.82. The van der Waals surface area contributed by atoms with Gasteiger partial charge in [0.2, 0.25) is 5.96 Å². The molecule has 1 aliphatic rings. The second-order valence-corrected chi connectivity index (χ2v) is 8.57. The van der Waals surface area contributed by atoms with E-state index in [1.54, 1.807) is 38.1 Å². The van der Waals surface area contributed by atoms with Gasteiger partial charge < -0.3 is 15.0 Å². The van der Waals surface area contributed by atoms with Crippen molar-refractivity contribution in [3.05, 3.63) is 70.6 Å². The van der Waals surface area contributed by atoms with E-state index in [-0.39, 0.29) is 29.7 Å². The fraction of sp³-hybridized carbons (Fsp3) is 0.385. The monoisotopic (exact) mass is 532 g/mol. The molecule has 9 nitrogen and oxygen atoms in total. The predicted octanol–water partition coefficient (Wildman–Crippen LogP) is 4.28. The third-order valence-corrected chi connectivity index (χ3v) is 5.59. The molecule has 38 heavy (non-hydrogen) atoms. The molecule has 0 fully saturated rings. The Kier molecular flexibility index (Phi) is 10.2. The standard InChI is InChI=1S/C26H31F3N6O3/c1-6-7-20(12-13-26(27,28)29)34-17(2)21(23(36)38-15-14-33(4)5)22(35(24(34)31)25(37)32-3)19-10-8-18(16-30)9-11-19/h7-13,22,31H,6,14-15H2,1-5H3,(H,32,37). The van der Waals surface area contributed by atoms with Crippen LogP contribution in [0, 0.1) is 16.7 Å². The molecule has 0 aliphatic carbocycles. The smallest absolute Gasteiger partial charge is 0.409 e. The lowest BCUT2D eigenvalue weighted by atomic mass is 9.92. The molecule has 1 aromatic rings. The minimum Gasteiger partial charge on any atom is -0.461 e. The number of nitriles is 1. The van der Waals surface area contributed by atoms with Crippen LogP contribution in [-0.2, 0) is 9.53 Å². The van der Waals surface area contributed by atoms with Crippen molar-refractivity contribution in [3.63, 3.8) is 0 Å². The third kappa shape index (κ3) is 7.23. The first-order chi connectivity index (χ1) is 17.9. The molecule has 0 bridgehead atoms. The topological polar surface area (TPSA) is 113 Å². The summed E-state index contributed by atoms with van der Waals surface area (Å²) in [7, 11) is 4.93. The number of halogens is 3. The number of benzene rings is 1. The van der Waals surface area contributed by atoms with Gasteiger partial charge in [0.05, 0.1) is 17.2 Å². The van der Waals surface area contributed by atoms with Crippen LogP contribution in [0.25, 0.3) is 0 Å². The first kappa shape index (κ1) is 30.1. The number of esters is 1. The van der Waals surface area contributed by atoms with Gasteiger partial charge in [-0.3, -0.25) is 15.2 Å². The maximum atomic E-state index is 13.5. The van der Waals surface area contributed by atoms with Gasteiger partial charge in [-0.05, 0) is 51.2 Å². The van der Waals surface area contributed by atoms with Gasteiger partial charge in [-0.2, -0.15) is 18.4 Å². The van der Waals surface area contributed by atoms with E-state index in [1.165, 1.54) is 32.2 Å². The van der Waals surface area contributed by atoms with Crippen LogP contribution in [0.5, 0.6) is 0 Å². The number of allylic oxidation sites excluding steroid dienone is 4. The zero-order valence-corrected chi connectivity index (χ0v) is 21.9. The normalized spacial score (nSPS) is 16.8. The molecule has 0 spiro atoms. The quantitative estimate of drug-likeness (QED) is 0.382. The highest BCUT2D eigenvalue weighted by atomic mass is 19.4. The molecule has 204 valence electrons. The van der Waals surface area contributed by atoms with E-state index in [9.17, 15) is 28.0 Å². The number of alkyl halides is 3. The third-order valence-electron chi connectivity index (χ3n) is 5.59. The van der Waals surface area contributed by atoms with Crippen molar-refractivity contribution >= 4 is 18.0 Å². The summed E-state index contributed by atoms with van der Waals surface area (Å²) in [5.41, 5.74) is 0.802. The molecular formula is C26H31F3N6O3. The molecule has 2 rings (SSSR count). The van der Waals surface area contributed by atoms with Gasteiger partial charge in [-0.1, -0.05) is 25.1 Å². The minimum absolute atomic E-state index is 0.0196. The number of hydrogen-bond acceptors (Lipinski definition) is 6. The molecule has 2 N–H and O–H groups in total. The van der Waals surface area contributed by atoms with E-state index in [0.29, 0.717) is 24.1 Å². The van der Waals surface area contributed by atoms with Gasteiger partial charge in [0.25, 0.3) is 0 Å². The van der Waals surface area contributed by atoms with Crippen LogP contribution in [0.2, 0.25) is 0 Å². The second-order valence-electron chi connectivity index (χ2n) is 8.57. The molecule has 12 heteroatoms. The minimum atomic E-state index is -4.62. The molecule has 1 atom stereocenters. The van der Waals surface area contributed by atoms with Crippen molar-refractivity contribution in [1.82, 2.24) is 20.0 Å². The van der Waals surface area contributed by atoms with Gasteiger partial charge in [0.1, 0.15) is 12.6 Å². The lowest BCUT2D eigenvalue weighted by Gasteiger charge is -2.43. The highest BCUT2D eigenvalue weighted by Gasteiger charge is 2.44. The zero-order valence-electron chi connectivity index (χ0n) is 21.9. The summed E-state index contributed by atoms with van der Waals surface area (Å²) >= 11 is 0. The van der Waals surface area contributed by atoms with Crippen molar-refractivity contribution in [2.75, 3.05) is 34.3 Å². The van der Waals surface area contributed by atoms with Gasteiger partial charge in [-0.15, -0.1) is 0 Å². The van der Waals surface area contributed by atoms with Crippen LogP contribution >= 0.6 is 0 Å². The lowest BCUT2D eigenvalue weighted by Crippen LogP contribution is -2.55. The number of nitrogens with zero attached hydrogens (tertiary/aromatic N) is 4. The molecule has 1 aliphatic heterocycles. The average molecular weight is 533 g/mol. The van der Waals surface area contributed by atoms with E-state index in [4.69, 9.17) is 10.1 Å². The van der Waals surface area contributed by atoms with Crippen LogP contribution < -0.4 is 5.32 Å². The zero-order chi connectivity index (χ0) is 28.6. The maximum Gasteiger partial charge on any atom is 0.409 e. The Bertz CT molecular complexity index is 1180. The Morgan fingerprint density at radius 3 is 2.39 bits per heavy atom. The molecule has 0 radical (unpaired) electrons. The number of urea groups is 1. The number of nitrogens with one attached hydrogen (secondary N) is 2. The largest absolute Gasteiger partial charge is 0.461 e. The molecule has 1 aromatic carbocycles. The van der Waals surface area contributed by atoms with E-state index >= 15 is 0 Å². The van der Waals surface area contributed by atoms with Crippen molar-refractivity contribution < 1.29 is 27.5 Å². The summed E-state index contributed by atoms with van der Waals surface area (Å²) in [6.07, 6.45) is -2.03. The van der Waals surface area contributed by atoms with Crippen LogP contribution in [0.15, 0.2) is 59.5 Å². The Labute approximate surface area is 219 Å². The number of guanidine groups is 1. The number of likely N-dealkylation sites (N-methyl/N-ethyl adjacent to an activating group) is 1. The summed E-state index contributed by atoms with van der Waals surface area (Å²) < 4.78 is 44.7. The Morgan fingerprint density at radius 1 is 1.26 bits per heavy atom. The number of ether oxygens (including phenoxy) is 1. The van der Waals surface area contributed by atoms with E-state index in [1.807, 2.05) is 6.07 Å². The number of carbonyl (C=O) groups excluding carboxylic acids is 2. The van der Waals surface area contributed by atoms with Crippen LogP contribution in [0.3, 0.4) is 0 Å². The molecule has 1 heterocycles. The van der Waals surface area contributed by atoms with Crippen molar-refractivity contribution in [1.29, 1.82) is 10.7 Å². The first-order valence-corrected chi connectivity index (χ1v) is 11.7. The second kappa shape index (κ2) is 12.9. The number of hydrogen-bond donors (Lipinski definition) is 2. The number of carbonyl (C=O) groups is 2. The molecule has 1 unspecified atom stereocenters. The summed E-state index contributed by atoms with van der Waals surface area (Å²) in [5.74, 6) is -1.26. The van der Waals surface area contributed by atoms with Crippen molar-refractivity contribution in [2.24, 2.45) is 0 Å². The Hall–Kier alpha value is -4.11. The maximum absolute atomic E-state index is 13.5. The summed E-state index contributed by atoms with van der Waals surface area (Å²) in [6.45, 7) is 3.62. The van der Waals surface area contributed by atoms with Crippen molar-refractivity contribution in [3.8, 4) is 6.07 Å². The summed E-state index contributed by atoms with van der Waals surface area (Å²) in [4.78, 5) is 30.5. The first-order valence-electron chi connectivity index (χ1n) is 11.7. The molecule has 0 saturated carbocycles. The van der Waals surface area contributed by atoms with Gasteiger partial charge in [0.15, 0.2) is 0 Å².